The van der Waals surface area contributed by atoms with Crippen LogP contribution in [0.1, 0.15) is 60.9 Å². The maximum absolute atomic E-state index is 13.6. The van der Waals surface area contributed by atoms with Gasteiger partial charge >= 0.3 is 0 Å². The second-order valence-electron chi connectivity index (χ2n) is 11.5. The molecule has 0 spiro atoms. The average molecular weight is 586 g/mol. The fraction of sp³-hybridized carbons (Fsp3) is 0.429. The highest BCUT2D eigenvalue weighted by molar-refractivity contribution is 7.99. The van der Waals surface area contributed by atoms with Gasteiger partial charge in [-0.15, -0.1) is 0 Å². The van der Waals surface area contributed by atoms with Crippen LogP contribution in [0.25, 0.3) is 0 Å². The predicted octanol–water partition coefficient (Wildman–Crippen LogP) is 6.67. The normalized spacial score (nSPS) is 17.3. The molecule has 1 aliphatic heterocycles. The summed E-state index contributed by atoms with van der Waals surface area (Å²) >= 11 is 1.79. The van der Waals surface area contributed by atoms with E-state index in [4.69, 9.17) is 4.74 Å². The zero-order chi connectivity index (χ0) is 29.0. The van der Waals surface area contributed by atoms with Crippen LogP contribution in [-0.4, -0.2) is 53.4 Å². The quantitative estimate of drug-likeness (QED) is 0.248. The Bertz CT molecular complexity index is 1260. The number of benzene rings is 3. The zero-order valence-electron chi connectivity index (χ0n) is 24.4. The molecular formula is C35H43N3O3S. The molecule has 2 fully saturated rings. The molecule has 222 valence electrons. The van der Waals surface area contributed by atoms with E-state index in [9.17, 15) is 9.59 Å². The van der Waals surface area contributed by atoms with Crippen LogP contribution < -0.4 is 15.4 Å². The lowest BCUT2D eigenvalue weighted by Gasteiger charge is -2.33. The van der Waals surface area contributed by atoms with Crippen LogP contribution in [0.2, 0.25) is 0 Å². The summed E-state index contributed by atoms with van der Waals surface area (Å²) in [5.41, 5.74) is 1.74. The van der Waals surface area contributed by atoms with Gasteiger partial charge in [-0.1, -0.05) is 79.9 Å². The van der Waals surface area contributed by atoms with Crippen LogP contribution in [0, 0.1) is 5.92 Å². The van der Waals surface area contributed by atoms with Crippen molar-refractivity contribution >= 4 is 23.6 Å². The van der Waals surface area contributed by atoms with Crippen molar-refractivity contribution < 1.29 is 14.3 Å². The molecule has 1 saturated heterocycles. The van der Waals surface area contributed by atoms with Gasteiger partial charge in [-0.25, -0.2) is 0 Å². The van der Waals surface area contributed by atoms with Gasteiger partial charge in [-0.2, -0.15) is 11.8 Å². The number of hydrogen-bond donors (Lipinski definition) is 2. The van der Waals surface area contributed by atoms with Crippen molar-refractivity contribution in [1.82, 2.24) is 15.5 Å². The van der Waals surface area contributed by atoms with Gasteiger partial charge in [0.2, 0.25) is 5.91 Å². The van der Waals surface area contributed by atoms with Gasteiger partial charge in [0.05, 0.1) is 5.56 Å². The molecule has 1 aliphatic carbocycles. The minimum absolute atomic E-state index is 0.0949. The molecule has 7 heteroatoms. The smallest absolute Gasteiger partial charge is 0.255 e. The molecule has 1 atom stereocenters. The SMILES string of the molecule is O=C(N[C@@H](CSCC1CCCCC1)C(=O)NC1CCN(Cc2ccccc2)CC1)c1ccccc1Oc1ccccc1. The summed E-state index contributed by atoms with van der Waals surface area (Å²) in [6, 6.07) is 26.7. The van der Waals surface area contributed by atoms with E-state index < -0.39 is 6.04 Å². The Morgan fingerprint density at radius 2 is 1.50 bits per heavy atom. The minimum Gasteiger partial charge on any atom is -0.457 e. The Kier molecular flexibility index (Phi) is 11.4. The molecule has 2 aliphatic rings. The average Bonchev–Trinajstić information content (AvgIpc) is 3.03. The number of carbonyl (C=O) groups is 2. The topological polar surface area (TPSA) is 70.7 Å². The largest absolute Gasteiger partial charge is 0.457 e. The second kappa shape index (κ2) is 15.8. The number of rotatable bonds is 12. The van der Waals surface area contributed by atoms with Gasteiger partial charge in [0.1, 0.15) is 17.5 Å². The number of para-hydroxylation sites is 2. The van der Waals surface area contributed by atoms with E-state index in [1.54, 1.807) is 23.9 Å². The van der Waals surface area contributed by atoms with Crippen LogP contribution in [0.3, 0.4) is 0 Å². The highest BCUT2D eigenvalue weighted by atomic mass is 32.2. The van der Waals surface area contributed by atoms with Crippen molar-refractivity contribution in [3.8, 4) is 11.5 Å². The Hall–Kier alpha value is -3.29. The minimum atomic E-state index is -0.613. The number of ether oxygens (including phenoxy) is 1. The summed E-state index contributed by atoms with van der Waals surface area (Å²) in [4.78, 5) is 29.6. The highest BCUT2D eigenvalue weighted by Crippen LogP contribution is 2.28. The van der Waals surface area contributed by atoms with Crippen LogP contribution >= 0.6 is 11.8 Å². The third-order valence-corrected chi connectivity index (χ3v) is 9.55. The Labute approximate surface area is 254 Å². The van der Waals surface area contributed by atoms with E-state index in [1.165, 1.54) is 37.7 Å². The fourth-order valence-electron chi connectivity index (χ4n) is 5.86. The summed E-state index contributed by atoms with van der Waals surface area (Å²) in [6.45, 7) is 2.82. The lowest BCUT2D eigenvalue weighted by molar-refractivity contribution is -0.123. The molecule has 2 amide bonds. The molecular weight excluding hydrogens is 542 g/mol. The molecule has 0 bridgehead atoms. The first-order chi connectivity index (χ1) is 20.6. The molecule has 1 saturated carbocycles. The molecule has 0 radical (unpaired) electrons. The van der Waals surface area contributed by atoms with Crippen molar-refractivity contribution in [3.05, 3.63) is 96.1 Å². The van der Waals surface area contributed by atoms with Crippen molar-refractivity contribution in [2.75, 3.05) is 24.6 Å². The van der Waals surface area contributed by atoms with E-state index in [-0.39, 0.29) is 17.9 Å². The maximum Gasteiger partial charge on any atom is 0.255 e. The number of amides is 2. The van der Waals surface area contributed by atoms with Crippen LogP contribution in [0.4, 0.5) is 0 Å². The number of piperidine rings is 1. The molecule has 6 nitrogen and oxygen atoms in total. The van der Waals surface area contributed by atoms with Gasteiger partial charge in [0.25, 0.3) is 5.91 Å². The fourth-order valence-corrected chi connectivity index (χ4v) is 7.14. The number of hydrogen-bond acceptors (Lipinski definition) is 5. The van der Waals surface area contributed by atoms with Crippen molar-refractivity contribution in [1.29, 1.82) is 0 Å². The van der Waals surface area contributed by atoms with Crippen molar-refractivity contribution in [3.63, 3.8) is 0 Å². The Balaban J connectivity index is 1.20. The predicted molar refractivity (Wildman–Crippen MR) is 171 cm³/mol. The zero-order valence-corrected chi connectivity index (χ0v) is 25.2. The summed E-state index contributed by atoms with van der Waals surface area (Å²) in [6.07, 6.45) is 8.27. The van der Waals surface area contributed by atoms with Gasteiger partial charge < -0.3 is 15.4 Å². The summed E-state index contributed by atoms with van der Waals surface area (Å²) in [5.74, 6) is 3.04. The van der Waals surface area contributed by atoms with Gasteiger partial charge in [0, 0.05) is 31.4 Å². The third-order valence-electron chi connectivity index (χ3n) is 8.27. The van der Waals surface area contributed by atoms with Gasteiger partial charge in [-0.3, -0.25) is 14.5 Å². The molecule has 5 rings (SSSR count). The first kappa shape index (κ1) is 30.2. The maximum atomic E-state index is 13.6. The van der Waals surface area contributed by atoms with E-state index in [0.29, 0.717) is 28.7 Å². The number of likely N-dealkylation sites (tertiary alicyclic amines) is 1. The van der Waals surface area contributed by atoms with Gasteiger partial charge in [0.15, 0.2) is 0 Å². The molecule has 3 aromatic rings. The summed E-state index contributed by atoms with van der Waals surface area (Å²) in [7, 11) is 0. The first-order valence-electron chi connectivity index (χ1n) is 15.4. The lowest BCUT2D eigenvalue weighted by atomic mass is 9.91. The highest BCUT2D eigenvalue weighted by Gasteiger charge is 2.28. The third kappa shape index (κ3) is 9.10. The van der Waals surface area contributed by atoms with E-state index >= 15 is 0 Å². The van der Waals surface area contributed by atoms with Crippen molar-refractivity contribution in [2.45, 2.75) is 63.6 Å². The van der Waals surface area contributed by atoms with E-state index in [0.717, 1.165) is 38.2 Å². The van der Waals surface area contributed by atoms with Crippen LogP contribution in [0.15, 0.2) is 84.9 Å². The summed E-state index contributed by atoms with van der Waals surface area (Å²) in [5, 5.41) is 6.34. The molecule has 42 heavy (non-hydrogen) atoms. The van der Waals surface area contributed by atoms with Crippen LogP contribution in [0.5, 0.6) is 11.5 Å². The number of nitrogens with one attached hydrogen (secondary N) is 2. The Morgan fingerprint density at radius 3 is 2.24 bits per heavy atom. The standard InChI is InChI=1S/C35H43N3O3S/c39-34(31-18-10-11-19-33(31)41-30-16-8-3-9-17-30)37-32(26-42-25-28-14-6-2-7-15-28)35(40)36-29-20-22-38(23-21-29)24-27-12-4-1-5-13-27/h1,3-5,8-13,16-19,28-29,32H,2,6-7,14-15,20-26H2,(H,36,40)(H,37,39)/t32-/m0/s1. The first-order valence-corrected chi connectivity index (χ1v) is 16.6. The molecule has 0 unspecified atom stereocenters. The second-order valence-corrected chi connectivity index (χ2v) is 12.6. The number of nitrogens with zero attached hydrogens (tertiary/aromatic N) is 1. The number of carbonyl (C=O) groups excluding carboxylic acids is 2. The van der Waals surface area contributed by atoms with Gasteiger partial charge in [-0.05, 0) is 67.2 Å². The van der Waals surface area contributed by atoms with E-state index in [1.807, 2.05) is 48.5 Å². The molecule has 0 aromatic heterocycles. The molecule has 1 heterocycles. The molecule has 2 N–H and O–H groups in total. The van der Waals surface area contributed by atoms with Crippen LogP contribution in [-0.2, 0) is 11.3 Å². The Morgan fingerprint density at radius 1 is 0.833 bits per heavy atom. The van der Waals surface area contributed by atoms with E-state index in [2.05, 4.69) is 39.8 Å². The summed E-state index contributed by atoms with van der Waals surface area (Å²) < 4.78 is 6.04. The van der Waals surface area contributed by atoms with Crippen molar-refractivity contribution in [2.24, 2.45) is 5.92 Å². The molecule has 3 aromatic carbocycles. The monoisotopic (exact) mass is 585 g/mol. The number of thioether (sulfide) groups is 1. The lowest BCUT2D eigenvalue weighted by Crippen LogP contribution is -2.53.